The first kappa shape index (κ1) is 14.6. The molecule has 5 nitrogen and oxygen atoms in total. The second kappa shape index (κ2) is 5.58. The minimum atomic E-state index is 0.0740. The lowest BCUT2D eigenvalue weighted by atomic mass is 10.0. The minimum absolute atomic E-state index is 0.0740. The van der Waals surface area contributed by atoms with Crippen molar-refractivity contribution in [3.63, 3.8) is 0 Å². The maximum Gasteiger partial charge on any atom is 0.233 e. The summed E-state index contributed by atoms with van der Waals surface area (Å²) in [4.78, 5) is 21.2. The number of hydrogen-bond acceptors (Lipinski definition) is 5. The van der Waals surface area contributed by atoms with Crippen LogP contribution in [0.5, 0.6) is 0 Å². The molecule has 0 unspecified atom stereocenters. The Kier molecular flexibility index (Phi) is 3.54. The molecule has 118 valence electrons. The van der Waals surface area contributed by atoms with Gasteiger partial charge in [0.05, 0.1) is 18.3 Å². The number of rotatable bonds is 3. The number of fused-ring (bicyclic) bond motifs is 3. The average Bonchev–Trinajstić information content (AvgIpc) is 3.25. The number of carbonyl (C=O) groups is 1. The number of hydrogen-bond donors (Lipinski definition) is 0. The third kappa shape index (κ3) is 2.49. The molecule has 0 saturated heterocycles. The molecule has 1 aliphatic carbocycles. The van der Waals surface area contributed by atoms with E-state index >= 15 is 0 Å². The monoisotopic (exact) mass is 344 g/mol. The Morgan fingerprint density at radius 3 is 3.09 bits per heavy atom. The molecular weight excluding hydrogens is 328 g/mol. The fourth-order valence-corrected chi connectivity index (χ4v) is 4.59. The zero-order valence-electron chi connectivity index (χ0n) is 12.9. The summed E-state index contributed by atoms with van der Waals surface area (Å²) < 4.78 is 1.92. The van der Waals surface area contributed by atoms with E-state index in [4.69, 9.17) is 4.98 Å². The second-order valence-electron chi connectivity index (χ2n) is 5.61. The first-order valence-corrected chi connectivity index (χ1v) is 9.13. The van der Waals surface area contributed by atoms with Crippen molar-refractivity contribution in [3.05, 3.63) is 39.2 Å². The summed E-state index contributed by atoms with van der Waals surface area (Å²) in [6, 6.07) is 3.96. The maximum absolute atomic E-state index is 12.5. The quantitative estimate of drug-likeness (QED) is 0.734. The maximum atomic E-state index is 12.5. The van der Waals surface area contributed by atoms with Crippen LogP contribution in [0.4, 0.5) is 5.13 Å². The lowest BCUT2D eigenvalue weighted by molar-refractivity contribution is -0.117. The summed E-state index contributed by atoms with van der Waals surface area (Å²) in [5, 5.41) is 7.10. The van der Waals surface area contributed by atoms with Gasteiger partial charge in [-0.2, -0.15) is 5.10 Å². The van der Waals surface area contributed by atoms with Crippen molar-refractivity contribution in [2.75, 3.05) is 11.9 Å². The van der Waals surface area contributed by atoms with Gasteiger partial charge >= 0.3 is 0 Å². The van der Waals surface area contributed by atoms with Crippen molar-refractivity contribution in [2.24, 2.45) is 7.05 Å². The summed E-state index contributed by atoms with van der Waals surface area (Å²) in [6.45, 7) is 0. The van der Waals surface area contributed by atoms with Crippen molar-refractivity contribution in [2.45, 2.75) is 19.3 Å². The molecule has 0 radical (unpaired) electrons. The van der Waals surface area contributed by atoms with Gasteiger partial charge in [0.25, 0.3) is 0 Å². The number of aromatic nitrogens is 3. The third-order valence-corrected chi connectivity index (χ3v) is 6.23. The van der Waals surface area contributed by atoms with Gasteiger partial charge in [-0.1, -0.05) is 6.07 Å². The largest absolute Gasteiger partial charge is 0.291 e. The number of likely N-dealkylation sites (N-methyl/N-ethyl adjacent to an activating group) is 1. The normalized spacial score (nSPS) is 12.8. The van der Waals surface area contributed by atoms with E-state index in [-0.39, 0.29) is 5.91 Å². The van der Waals surface area contributed by atoms with Gasteiger partial charge in [-0.25, -0.2) is 4.98 Å². The summed E-state index contributed by atoms with van der Waals surface area (Å²) >= 11 is 3.23. The molecule has 0 atom stereocenters. The molecule has 0 aliphatic heterocycles. The number of aryl methyl sites for hydroxylation is 2. The highest BCUT2D eigenvalue weighted by atomic mass is 32.1. The molecule has 1 amide bonds. The number of thiazole rings is 1. The van der Waals surface area contributed by atoms with Crippen LogP contribution < -0.4 is 4.90 Å². The van der Waals surface area contributed by atoms with E-state index < -0.39 is 0 Å². The average molecular weight is 344 g/mol. The Morgan fingerprint density at radius 2 is 2.30 bits per heavy atom. The van der Waals surface area contributed by atoms with E-state index in [1.807, 2.05) is 42.5 Å². The van der Waals surface area contributed by atoms with Crippen LogP contribution >= 0.6 is 22.7 Å². The van der Waals surface area contributed by atoms with Crippen molar-refractivity contribution in [3.8, 4) is 11.3 Å². The Labute approximate surface area is 142 Å². The predicted molar refractivity (Wildman–Crippen MR) is 93.2 cm³/mol. The molecule has 0 fully saturated rings. The highest BCUT2D eigenvalue weighted by molar-refractivity contribution is 7.16. The Bertz CT molecular complexity index is 863. The smallest absolute Gasteiger partial charge is 0.233 e. The van der Waals surface area contributed by atoms with Gasteiger partial charge in [-0.15, -0.1) is 22.7 Å². The van der Waals surface area contributed by atoms with Gasteiger partial charge in [-0.05, 0) is 24.3 Å². The van der Waals surface area contributed by atoms with Crippen molar-refractivity contribution in [1.82, 2.24) is 14.8 Å². The van der Waals surface area contributed by atoms with Crippen LogP contribution in [0.2, 0.25) is 0 Å². The van der Waals surface area contributed by atoms with Crippen LogP contribution in [0.1, 0.15) is 15.4 Å². The van der Waals surface area contributed by atoms with Gasteiger partial charge in [0, 0.05) is 35.1 Å². The van der Waals surface area contributed by atoms with Crippen molar-refractivity contribution >= 4 is 33.7 Å². The zero-order chi connectivity index (χ0) is 16.0. The molecule has 0 N–H and O–H groups in total. The summed E-state index contributed by atoms with van der Waals surface area (Å²) in [5.41, 5.74) is 3.33. The van der Waals surface area contributed by atoms with Crippen molar-refractivity contribution in [1.29, 1.82) is 0 Å². The third-order valence-electron chi connectivity index (χ3n) is 4.16. The molecule has 3 aromatic rings. The fraction of sp³-hybridized carbons (Fsp3) is 0.312. The molecule has 7 heteroatoms. The number of carbonyl (C=O) groups excluding carboxylic acids is 1. The molecule has 0 bridgehead atoms. The van der Waals surface area contributed by atoms with Gasteiger partial charge in [-0.3, -0.25) is 14.4 Å². The second-order valence-corrected chi connectivity index (χ2v) is 7.70. The highest BCUT2D eigenvalue weighted by Crippen LogP contribution is 2.38. The molecule has 3 aromatic heterocycles. The molecule has 1 aliphatic rings. The lowest BCUT2D eigenvalue weighted by Crippen LogP contribution is -2.27. The molecule has 4 rings (SSSR count). The first-order chi connectivity index (χ1) is 11.1. The number of thiophene rings is 1. The van der Waals surface area contributed by atoms with Crippen LogP contribution in [0.3, 0.4) is 0 Å². The predicted octanol–water partition coefficient (Wildman–Crippen LogP) is 2.91. The first-order valence-electron chi connectivity index (χ1n) is 7.43. The Hall–Kier alpha value is -1.99. The molecular formula is C16H16N4OS2. The molecule has 3 heterocycles. The van der Waals surface area contributed by atoms with E-state index in [0.29, 0.717) is 6.42 Å². The molecule has 0 spiro atoms. The van der Waals surface area contributed by atoms with Gasteiger partial charge < -0.3 is 0 Å². The Morgan fingerprint density at radius 1 is 1.43 bits per heavy atom. The minimum Gasteiger partial charge on any atom is -0.291 e. The summed E-state index contributed by atoms with van der Waals surface area (Å²) in [7, 11) is 3.78. The van der Waals surface area contributed by atoms with Crippen LogP contribution in [0.15, 0.2) is 23.7 Å². The van der Waals surface area contributed by atoms with E-state index in [1.54, 1.807) is 27.6 Å². The zero-order valence-corrected chi connectivity index (χ0v) is 14.6. The molecule has 0 saturated carbocycles. The van der Waals surface area contributed by atoms with Crippen LogP contribution in [0, 0.1) is 0 Å². The summed E-state index contributed by atoms with van der Waals surface area (Å²) in [5.74, 6) is 0.0740. The van der Waals surface area contributed by atoms with Gasteiger partial charge in [0.2, 0.25) is 5.91 Å². The molecule has 0 aromatic carbocycles. The van der Waals surface area contributed by atoms with E-state index in [2.05, 4.69) is 5.10 Å². The fourth-order valence-electron chi connectivity index (χ4n) is 2.84. The topological polar surface area (TPSA) is 51.0 Å². The van der Waals surface area contributed by atoms with Crippen molar-refractivity contribution < 1.29 is 4.79 Å². The Balaban J connectivity index is 1.62. The molecule has 23 heavy (non-hydrogen) atoms. The lowest BCUT2D eigenvalue weighted by Gasteiger charge is -2.12. The standard InChI is InChI=1S/C16H16N4OS2/c1-19(14(21)8-10-4-3-7-22-10)16-18-15-11-9-17-20(2)12(11)5-6-13(15)23-16/h3-4,7,9H,5-6,8H2,1-2H3. The number of amides is 1. The highest BCUT2D eigenvalue weighted by Gasteiger charge is 2.26. The number of anilines is 1. The van der Waals surface area contributed by atoms with E-state index in [0.717, 1.165) is 34.1 Å². The number of nitrogens with zero attached hydrogens (tertiary/aromatic N) is 4. The SMILES string of the molecule is CN(C(=O)Cc1cccs1)c1nc2c(s1)CCc1c-2cnn1C. The van der Waals surface area contributed by atoms with Crippen LogP contribution in [-0.2, 0) is 31.1 Å². The van der Waals surface area contributed by atoms with Gasteiger partial charge in [0.15, 0.2) is 5.13 Å². The van der Waals surface area contributed by atoms with Crippen LogP contribution in [0.25, 0.3) is 11.3 Å². The summed E-state index contributed by atoms with van der Waals surface area (Å²) in [6.07, 6.45) is 4.25. The van der Waals surface area contributed by atoms with Gasteiger partial charge in [0.1, 0.15) is 0 Å². The van der Waals surface area contributed by atoms with E-state index in [9.17, 15) is 4.79 Å². The van der Waals surface area contributed by atoms with Crippen LogP contribution in [-0.4, -0.2) is 27.7 Å². The van der Waals surface area contributed by atoms with E-state index in [1.165, 1.54) is 10.6 Å².